The van der Waals surface area contributed by atoms with Crippen LogP contribution in [0.5, 0.6) is 5.75 Å². The predicted octanol–water partition coefficient (Wildman–Crippen LogP) is 2.85. The summed E-state index contributed by atoms with van der Waals surface area (Å²) in [6, 6.07) is 8.02. The van der Waals surface area contributed by atoms with Gasteiger partial charge in [0.05, 0.1) is 18.5 Å². The van der Waals surface area contributed by atoms with Crippen molar-refractivity contribution >= 4 is 21.6 Å². The molecule has 1 aromatic heterocycles. The zero-order chi connectivity index (χ0) is 21.3. The maximum absolute atomic E-state index is 12.2. The van der Waals surface area contributed by atoms with Crippen LogP contribution < -0.4 is 9.64 Å². The molecule has 0 bridgehead atoms. The lowest BCUT2D eigenvalue weighted by Crippen LogP contribution is -2.44. The number of carbonyl (C=O) groups is 1. The molecule has 30 heavy (non-hydrogen) atoms. The van der Waals surface area contributed by atoms with Gasteiger partial charge in [0.1, 0.15) is 11.9 Å². The highest BCUT2D eigenvalue weighted by Crippen LogP contribution is 2.32. The molecule has 160 valence electrons. The standard InChI is InChI=1S/C22H27N3O4S/c1-3-30(27,28)25-10-4-5-19(15-25)29-20-12-18(13-23-14-20)16-6-8-21-17(11-16)7-9-22(26)24(21)2/h6,8,11-14,19H,3-5,7,9-10,15H2,1-2H3/t19-/m0/s1. The van der Waals surface area contributed by atoms with Crippen molar-refractivity contribution in [1.29, 1.82) is 0 Å². The van der Waals surface area contributed by atoms with E-state index in [1.165, 1.54) is 4.31 Å². The molecule has 4 rings (SSSR count). The number of amides is 1. The third-order valence-corrected chi connectivity index (χ3v) is 7.72. The van der Waals surface area contributed by atoms with E-state index < -0.39 is 10.0 Å². The molecule has 8 heteroatoms. The van der Waals surface area contributed by atoms with Crippen LogP contribution in [0.3, 0.4) is 0 Å². The van der Waals surface area contributed by atoms with Gasteiger partial charge in [-0.3, -0.25) is 9.78 Å². The lowest BCUT2D eigenvalue weighted by molar-refractivity contribution is -0.118. The summed E-state index contributed by atoms with van der Waals surface area (Å²) < 4.78 is 32.0. The van der Waals surface area contributed by atoms with E-state index in [0.29, 0.717) is 25.3 Å². The number of pyridine rings is 1. The molecular formula is C22H27N3O4S. The maximum atomic E-state index is 12.2. The Labute approximate surface area is 177 Å². The van der Waals surface area contributed by atoms with E-state index in [2.05, 4.69) is 11.1 Å². The fraction of sp³-hybridized carbons (Fsp3) is 0.455. The van der Waals surface area contributed by atoms with E-state index in [1.807, 2.05) is 25.2 Å². The third kappa shape index (κ3) is 4.20. The minimum atomic E-state index is -3.21. The molecule has 1 aromatic carbocycles. The maximum Gasteiger partial charge on any atom is 0.227 e. The van der Waals surface area contributed by atoms with Gasteiger partial charge in [0, 0.05) is 37.5 Å². The molecule has 3 heterocycles. The van der Waals surface area contributed by atoms with E-state index in [9.17, 15) is 13.2 Å². The van der Waals surface area contributed by atoms with E-state index >= 15 is 0 Å². The van der Waals surface area contributed by atoms with E-state index in [4.69, 9.17) is 4.74 Å². The number of fused-ring (bicyclic) bond motifs is 1. The number of ether oxygens (including phenoxy) is 1. The van der Waals surface area contributed by atoms with Gasteiger partial charge < -0.3 is 9.64 Å². The highest BCUT2D eigenvalue weighted by molar-refractivity contribution is 7.89. The fourth-order valence-electron chi connectivity index (χ4n) is 4.11. The van der Waals surface area contributed by atoms with Gasteiger partial charge >= 0.3 is 0 Å². The topological polar surface area (TPSA) is 79.8 Å². The number of aromatic nitrogens is 1. The summed E-state index contributed by atoms with van der Waals surface area (Å²) in [5.41, 5.74) is 4.06. The number of piperidine rings is 1. The van der Waals surface area contributed by atoms with Crippen LogP contribution in [-0.2, 0) is 21.2 Å². The van der Waals surface area contributed by atoms with Crippen molar-refractivity contribution in [2.75, 3.05) is 30.8 Å². The van der Waals surface area contributed by atoms with E-state index in [-0.39, 0.29) is 17.8 Å². The van der Waals surface area contributed by atoms with Gasteiger partial charge in [-0.2, -0.15) is 4.31 Å². The highest BCUT2D eigenvalue weighted by atomic mass is 32.2. The Morgan fingerprint density at radius 3 is 2.80 bits per heavy atom. The number of sulfonamides is 1. The first-order valence-electron chi connectivity index (χ1n) is 10.4. The number of rotatable bonds is 5. The average molecular weight is 430 g/mol. The summed E-state index contributed by atoms with van der Waals surface area (Å²) in [4.78, 5) is 17.9. The molecule has 2 aliphatic heterocycles. The van der Waals surface area contributed by atoms with Gasteiger partial charge in [0.25, 0.3) is 0 Å². The molecule has 1 amide bonds. The van der Waals surface area contributed by atoms with Gasteiger partial charge in [-0.05, 0) is 55.5 Å². The number of hydrogen-bond donors (Lipinski definition) is 0. The first-order chi connectivity index (χ1) is 14.4. The number of anilines is 1. The van der Waals surface area contributed by atoms with Crippen molar-refractivity contribution < 1.29 is 17.9 Å². The van der Waals surface area contributed by atoms with Crippen molar-refractivity contribution in [3.8, 4) is 16.9 Å². The molecule has 0 unspecified atom stereocenters. The van der Waals surface area contributed by atoms with Gasteiger partial charge in [-0.15, -0.1) is 0 Å². The number of carbonyl (C=O) groups excluding carboxylic acids is 1. The molecule has 1 atom stereocenters. The van der Waals surface area contributed by atoms with Crippen LogP contribution >= 0.6 is 0 Å². The van der Waals surface area contributed by atoms with Crippen LogP contribution in [0.2, 0.25) is 0 Å². The summed E-state index contributed by atoms with van der Waals surface area (Å²) >= 11 is 0. The Morgan fingerprint density at radius 2 is 2.00 bits per heavy atom. The molecule has 0 saturated carbocycles. The quantitative estimate of drug-likeness (QED) is 0.730. The summed E-state index contributed by atoms with van der Waals surface area (Å²) in [6.45, 7) is 2.60. The summed E-state index contributed by atoms with van der Waals surface area (Å²) in [5.74, 6) is 0.882. The fourth-order valence-corrected chi connectivity index (χ4v) is 5.27. The van der Waals surface area contributed by atoms with Crippen LogP contribution in [0.15, 0.2) is 36.7 Å². The lowest BCUT2D eigenvalue weighted by Gasteiger charge is -2.31. The molecule has 7 nitrogen and oxygen atoms in total. The minimum absolute atomic E-state index is 0.107. The Kier molecular flexibility index (Phi) is 5.79. The van der Waals surface area contributed by atoms with Gasteiger partial charge in [0.15, 0.2) is 0 Å². The number of nitrogens with zero attached hydrogens (tertiary/aromatic N) is 3. The summed E-state index contributed by atoms with van der Waals surface area (Å²) in [5, 5.41) is 0. The van der Waals surface area contributed by atoms with E-state index in [0.717, 1.165) is 41.6 Å². The zero-order valence-electron chi connectivity index (χ0n) is 17.4. The zero-order valence-corrected chi connectivity index (χ0v) is 18.2. The second-order valence-corrected chi connectivity index (χ2v) is 10.1. The Hall–Kier alpha value is -2.45. The highest BCUT2D eigenvalue weighted by Gasteiger charge is 2.29. The summed E-state index contributed by atoms with van der Waals surface area (Å²) in [6.07, 6.45) is 6.14. The van der Waals surface area contributed by atoms with Crippen LogP contribution in [0.4, 0.5) is 5.69 Å². The van der Waals surface area contributed by atoms with Crippen molar-refractivity contribution in [3.05, 3.63) is 42.2 Å². The molecule has 0 radical (unpaired) electrons. The van der Waals surface area contributed by atoms with Crippen LogP contribution in [0.25, 0.3) is 11.1 Å². The monoisotopic (exact) mass is 429 g/mol. The van der Waals surface area contributed by atoms with Crippen molar-refractivity contribution in [1.82, 2.24) is 9.29 Å². The number of benzene rings is 1. The molecular weight excluding hydrogens is 402 g/mol. The average Bonchev–Trinajstić information content (AvgIpc) is 2.76. The number of hydrogen-bond acceptors (Lipinski definition) is 5. The molecule has 1 saturated heterocycles. The molecule has 2 aliphatic rings. The second kappa shape index (κ2) is 8.35. The van der Waals surface area contributed by atoms with Crippen molar-refractivity contribution in [2.45, 2.75) is 38.7 Å². The molecule has 2 aromatic rings. The lowest BCUT2D eigenvalue weighted by atomic mass is 9.97. The molecule has 0 spiro atoms. The smallest absolute Gasteiger partial charge is 0.227 e. The Balaban J connectivity index is 1.52. The Bertz CT molecular complexity index is 1050. The van der Waals surface area contributed by atoms with Gasteiger partial charge in [0.2, 0.25) is 15.9 Å². The summed E-state index contributed by atoms with van der Waals surface area (Å²) in [7, 11) is -1.40. The first kappa shape index (κ1) is 20.8. The van der Waals surface area contributed by atoms with Gasteiger partial charge in [-0.25, -0.2) is 8.42 Å². The third-order valence-electron chi connectivity index (χ3n) is 5.87. The minimum Gasteiger partial charge on any atom is -0.487 e. The molecule has 1 fully saturated rings. The normalized spacial score (nSPS) is 20.1. The van der Waals surface area contributed by atoms with Crippen molar-refractivity contribution in [3.63, 3.8) is 0 Å². The number of aryl methyl sites for hydroxylation is 1. The van der Waals surface area contributed by atoms with Crippen LogP contribution in [0, 0.1) is 0 Å². The van der Waals surface area contributed by atoms with Crippen LogP contribution in [-0.4, -0.2) is 55.6 Å². The van der Waals surface area contributed by atoms with E-state index in [1.54, 1.807) is 24.2 Å². The molecule has 0 N–H and O–H groups in total. The van der Waals surface area contributed by atoms with Crippen LogP contribution in [0.1, 0.15) is 31.7 Å². The van der Waals surface area contributed by atoms with Gasteiger partial charge in [-0.1, -0.05) is 6.07 Å². The Morgan fingerprint density at radius 1 is 1.17 bits per heavy atom. The SMILES string of the molecule is CCS(=O)(=O)N1CCC[C@H](Oc2cncc(-c3ccc4c(c3)CCC(=O)N4C)c2)C1. The first-order valence-corrected chi connectivity index (χ1v) is 12.0. The largest absolute Gasteiger partial charge is 0.487 e. The predicted molar refractivity (Wildman–Crippen MR) is 116 cm³/mol. The van der Waals surface area contributed by atoms with Crippen molar-refractivity contribution in [2.24, 2.45) is 0 Å². The molecule has 0 aliphatic carbocycles. The second-order valence-electron chi connectivity index (χ2n) is 7.85.